The predicted octanol–water partition coefficient (Wildman–Crippen LogP) is 1.58. The Labute approximate surface area is 114 Å². The predicted molar refractivity (Wildman–Crippen MR) is 75.1 cm³/mol. The third kappa shape index (κ3) is 4.39. The number of rotatable bonds is 6. The van der Waals surface area contributed by atoms with Crippen LogP contribution >= 0.6 is 27.3 Å². The summed E-state index contributed by atoms with van der Waals surface area (Å²) in [5, 5.41) is 4.67. The lowest BCUT2D eigenvalue weighted by atomic mass is 10.2. The van der Waals surface area contributed by atoms with Crippen LogP contribution in [0.5, 0.6) is 0 Å². The first kappa shape index (κ1) is 14.6. The summed E-state index contributed by atoms with van der Waals surface area (Å²) in [5.41, 5.74) is 5.80. The molecule has 1 aromatic heterocycles. The topological polar surface area (TPSA) is 58.4 Å². The summed E-state index contributed by atoms with van der Waals surface area (Å²) in [7, 11) is 3.65. The van der Waals surface area contributed by atoms with E-state index in [1.54, 1.807) is 18.4 Å². The van der Waals surface area contributed by atoms with E-state index in [0.29, 0.717) is 19.5 Å². The molecule has 0 saturated heterocycles. The molecule has 1 amide bonds. The van der Waals surface area contributed by atoms with Gasteiger partial charge in [0, 0.05) is 41.3 Å². The van der Waals surface area contributed by atoms with Crippen molar-refractivity contribution in [2.75, 3.05) is 27.2 Å². The Hall–Kier alpha value is -0.430. The fraction of sp³-hybridized carbons (Fsp3) is 0.545. The number of halogens is 1. The van der Waals surface area contributed by atoms with Crippen LogP contribution in [0.4, 0.5) is 0 Å². The zero-order valence-corrected chi connectivity index (χ0v) is 12.5. The molecule has 3 N–H and O–H groups in total. The van der Waals surface area contributed by atoms with Gasteiger partial charge in [0.15, 0.2) is 0 Å². The lowest BCUT2D eigenvalue weighted by Gasteiger charge is -2.25. The number of hydrogen-bond donors (Lipinski definition) is 2. The summed E-state index contributed by atoms with van der Waals surface area (Å²) in [4.78, 5) is 14.5. The number of thiophene rings is 1. The van der Waals surface area contributed by atoms with Gasteiger partial charge in [0.25, 0.3) is 0 Å². The highest BCUT2D eigenvalue weighted by molar-refractivity contribution is 9.10. The van der Waals surface area contributed by atoms with E-state index >= 15 is 0 Å². The van der Waals surface area contributed by atoms with Crippen LogP contribution in [0.3, 0.4) is 0 Å². The number of carbonyl (C=O) groups is 1. The second-order valence-corrected chi connectivity index (χ2v) is 5.68. The van der Waals surface area contributed by atoms with Crippen LogP contribution in [0, 0.1) is 0 Å². The van der Waals surface area contributed by atoms with Crippen LogP contribution in [0.25, 0.3) is 0 Å². The highest BCUT2D eigenvalue weighted by Gasteiger charge is 2.17. The normalized spacial score (nSPS) is 12.8. The maximum Gasteiger partial charge on any atom is 0.221 e. The molecule has 0 fully saturated rings. The van der Waals surface area contributed by atoms with Gasteiger partial charge >= 0.3 is 0 Å². The molecule has 0 spiro atoms. The van der Waals surface area contributed by atoms with Gasteiger partial charge in [-0.25, -0.2) is 0 Å². The summed E-state index contributed by atoms with van der Waals surface area (Å²) >= 11 is 5.12. The molecule has 0 aliphatic rings. The average molecular weight is 320 g/mol. The first-order valence-corrected chi connectivity index (χ1v) is 7.10. The van der Waals surface area contributed by atoms with Gasteiger partial charge in [-0.2, -0.15) is 0 Å². The van der Waals surface area contributed by atoms with E-state index in [4.69, 9.17) is 5.73 Å². The zero-order valence-electron chi connectivity index (χ0n) is 10.1. The Morgan fingerprint density at radius 3 is 2.88 bits per heavy atom. The van der Waals surface area contributed by atoms with Gasteiger partial charge in [0.1, 0.15) is 0 Å². The second-order valence-electron chi connectivity index (χ2n) is 3.82. The number of carbonyl (C=O) groups excluding carboxylic acids is 1. The van der Waals surface area contributed by atoms with Crippen LogP contribution in [0.15, 0.2) is 15.9 Å². The number of amides is 1. The molecular weight excluding hydrogens is 302 g/mol. The highest BCUT2D eigenvalue weighted by atomic mass is 79.9. The zero-order chi connectivity index (χ0) is 12.8. The van der Waals surface area contributed by atoms with Crippen molar-refractivity contribution in [1.29, 1.82) is 0 Å². The van der Waals surface area contributed by atoms with E-state index in [1.165, 1.54) is 4.88 Å². The molecule has 6 heteroatoms. The Kier molecular flexibility index (Phi) is 6.11. The SMILES string of the molecule is CNC(=O)CCN(C)C(CN)c1cc(Br)cs1. The molecule has 1 atom stereocenters. The maximum atomic E-state index is 11.2. The van der Waals surface area contributed by atoms with Crippen molar-refractivity contribution in [2.24, 2.45) is 5.73 Å². The minimum Gasteiger partial charge on any atom is -0.359 e. The number of nitrogens with one attached hydrogen (secondary N) is 1. The summed E-state index contributed by atoms with van der Waals surface area (Å²) in [6.45, 7) is 1.26. The van der Waals surface area contributed by atoms with Gasteiger partial charge in [-0.15, -0.1) is 11.3 Å². The van der Waals surface area contributed by atoms with E-state index in [9.17, 15) is 4.79 Å². The molecule has 0 aliphatic carbocycles. The summed E-state index contributed by atoms with van der Waals surface area (Å²) in [6, 6.07) is 2.26. The standard InChI is InChI=1S/C11H18BrN3OS/c1-14-11(16)3-4-15(2)9(6-13)10-5-8(12)7-17-10/h5,7,9H,3-4,6,13H2,1-2H3,(H,14,16). The van der Waals surface area contributed by atoms with Crippen molar-refractivity contribution in [1.82, 2.24) is 10.2 Å². The Bertz CT molecular complexity index is 369. The molecule has 4 nitrogen and oxygen atoms in total. The summed E-state index contributed by atoms with van der Waals surface area (Å²) in [6.07, 6.45) is 0.496. The van der Waals surface area contributed by atoms with Crippen LogP contribution < -0.4 is 11.1 Å². The lowest BCUT2D eigenvalue weighted by molar-refractivity contribution is -0.120. The molecule has 0 radical (unpaired) electrons. The van der Waals surface area contributed by atoms with E-state index in [2.05, 4.69) is 32.2 Å². The monoisotopic (exact) mass is 319 g/mol. The summed E-state index contributed by atoms with van der Waals surface area (Å²) < 4.78 is 1.08. The largest absolute Gasteiger partial charge is 0.359 e. The third-order valence-corrected chi connectivity index (χ3v) is 4.44. The molecule has 0 saturated carbocycles. The Balaban J connectivity index is 2.58. The van der Waals surface area contributed by atoms with Crippen molar-refractivity contribution < 1.29 is 4.79 Å². The van der Waals surface area contributed by atoms with Gasteiger partial charge < -0.3 is 11.1 Å². The van der Waals surface area contributed by atoms with Crippen molar-refractivity contribution in [2.45, 2.75) is 12.5 Å². The molecule has 0 aliphatic heterocycles. The quantitative estimate of drug-likeness (QED) is 0.837. The highest BCUT2D eigenvalue weighted by Crippen LogP contribution is 2.28. The summed E-state index contributed by atoms with van der Waals surface area (Å²) in [5.74, 6) is 0.0555. The second kappa shape index (κ2) is 7.10. The van der Waals surface area contributed by atoms with Gasteiger partial charge in [0.2, 0.25) is 5.91 Å². The van der Waals surface area contributed by atoms with E-state index in [0.717, 1.165) is 4.47 Å². The molecule has 17 heavy (non-hydrogen) atoms. The van der Waals surface area contributed by atoms with Crippen molar-refractivity contribution in [3.8, 4) is 0 Å². The maximum absolute atomic E-state index is 11.2. The van der Waals surface area contributed by atoms with E-state index < -0.39 is 0 Å². The van der Waals surface area contributed by atoms with Crippen LogP contribution in [-0.4, -0.2) is 38.0 Å². The fourth-order valence-electron chi connectivity index (χ4n) is 1.58. The van der Waals surface area contributed by atoms with Crippen LogP contribution in [-0.2, 0) is 4.79 Å². The number of nitrogens with two attached hydrogens (primary N) is 1. The van der Waals surface area contributed by atoms with Crippen LogP contribution in [0.1, 0.15) is 17.3 Å². The average Bonchev–Trinajstić information content (AvgIpc) is 2.73. The van der Waals surface area contributed by atoms with Crippen molar-refractivity contribution in [3.05, 3.63) is 20.8 Å². The molecule has 1 aromatic rings. The first-order valence-electron chi connectivity index (χ1n) is 5.43. The minimum absolute atomic E-state index is 0.0555. The Morgan fingerprint density at radius 2 is 2.41 bits per heavy atom. The van der Waals surface area contributed by atoms with Crippen LogP contribution in [0.2, 0.25) is 0 Å². The molecule has 96 valence electrons. The lowest BCUT2D eigenvalue weighted by Crippen LogP contribution is -2.33. The van der Waals surface area contributed by atoms with E-state index in [-0.39, 0.29) is 11.9 Å². The molecule has 1 rings (SSSR count). The Morgan fingerprint density at radius 1 is 1.71 bits per heavy atom. The number of likely N-dealkylation sites (N-methyl/N-ethyl adjacent to an activating group) is 1. The van der Waals surface area contributed by atoms with Gasteiger partial charge in [-0.1, -0.05) is 0 Å². The fourth-order valence-corrected chi connectivity index (χ4v) is 3.20. The van der Waals surface area contributed by atoms with Gasteiger partial charge in [-0.3, -0.25) is 9.69 Å². The smallest absolute Gasteiger partial charge is 0.221 e. The molecular formula is C11H18BrN3OS. The van der Waals surface area contributed by atoms with Gasteiger partial charge in [-0.05, 0) is 29.0 Å². The first-order chi connectivity index (χ1) is 8.08. The molecule has 1 unspecified atom stereocenters. The number of hydrogen-bond acceptors (Lipinski definition) is 4. The third-order valence-electron chi connectivity index (χ3n) is 2.64. The minimum atomic E-state index is 0.0555. The number of nitrogens with zero attached hydrogens (tertiary/aromatic N) is 1. The van der Waals surface area contributed by atoms with Gasteiger partial charge in [0.05, 0.1) is 6.04 Å². The van der Waals surface area contributed by atoms with Crippen molar-refractivity contribution in [3.63, 3.8) is 0 Å². The van der Waals surface area contributed by atoms with Crippen molar-refractivity contribution >= 4 is 33.2 Å². The van der Waals surface area contributed by atoms with E-state index in [1.807, 2.05) is 12.4 Å². The molecule has 1 heterocycles. The molecule has 0 aromatic carbocycles. The molecule has 0 bridgehead atoms.